The molecular formula is C22H21ClN2O3. The molecule has 6 heteroatoms. The number of nitrogens with one attached hydrogen (secondary N) is 2. The number of anilines is 2. The Bertz CT molecular complexity index is 936. The topological polar surface area (TPSA) is 59.6 Å². The minimum absolute atomic E-state index is 0.300. The number of hydrogen-bond acceptors (Lipinski definition) is 4. The van der Waals surface area contributed by atoms with Crippen LogP contribution in [0.5, 0.6) is 11.5 Å². The molecule has 0 radical (unpaired) electrons. The van der Waals surface area contributed by atoms with Gasteiger partial charge in [-0.25, -0.2) is 0 Å². The van der Waals surface area contributed by atoms with E-state index >= 15 is 0 Å². The first-order valence-electron chi connectivity index (χ1n) is 8.72. The van der Waals surface area contributed by atoms with Crippen molar-refractivity contribution in [2.45, 2.75) is 6.54 Å². The average molecular weight is 397 g/mol. The lowest BCUT2D eigenvalue weighted by atomic mass is 10.1. The zero-order valence-corrected chi connectivity index (χ0v) is 16.4. The summed E-state index contributed by atoms with van der Waals surface area (Å²) in [6.45, 7) is 0.615. The molecule has 0 aliphatic rings. The van der Waals surface area contributed by atoms with Crippen LogP contribution in [0.3, 0.4) is 0 Å². The van der Waals surface area contributed by atoms with Crippen LogP contribution in [0.2, 0.25) is 5.02 Å². The third-order valence-corrected chi connectivity index (χ3v) is 4.61. The van der Waals surface area contributed by atoms with Crippen LogP contribution >= 0.6 is 11.6 Å². The number of methoxy groups -OCH3 is 2. The summed E-state index contributed by atoms with van der Waals surface area (Å²) in [7, 11) is 3.04. The third-order valence-electron chi connectivity index (χ3n) is 4.24. The number of carbonyl (C=O) groups is 1. The van der Waals surface area contributed by atoms with Crippen molar-refractivity contribution in [2.24, 2.45) is 0 Å². The molecule has 144 valence electrons. The van der Waals surface area contributed by atoms with Gasteiger partial charge in [-0.2, -0.15) is 0 Å². The fourth-order valence-corrected chi connectivity index (χ4v) is 2.98. The van der Waals surface area contributed by atoms with Crippen LogP contribution < -0.4 is 20.1 Å². The Morgan fingerprint density at radius 3 is 2.07 bits per heavy atom. The lowest BCUT2D eigenvalue weighted by Crippen LogP contribution is -2.14. The van der Waals surface area contributed by atoms with Gasteiger partial charge in [0.25, 0.3) is 5.91 Å². The second-order valence-electron chi connectivity index (χ2n) is 6.01. The Labute approximate surface area is 169 Å². The van der Waals surface area contributed by atoms with Crippen molar-refractivity contribution in [3.05, 3.63) is 82.9 Å². The van der Waals surface area contributed by atoms with Gasteiger partial charge >= 0.3 is 0 Å². The molecule has 0 bridgehead atoms. The predicted molar refractivity (Wildman–Crippen MR) is 113 cm³/mol. The molecule has 0 saturated heterocycles. The van der Waals surface area contributed by atoms with E-state index in [9.17, 15) is 4.79 Å². The molecule has 5 nitrogen and oxygen atoms in total. The van der Waals surface area contributed by atoms with Crippen LogP contribution in [-0.4, -0.2) is 20.1 Å². The second-order valence-corrected chi connectivity index (χ2v) is 6.42. The molecule has 0 saturated carbocycles. The Morgan fingerprint density at radius 1 is 0.857 bits per heavy atom. The van der Waals surface area contributed by atoms with E-state index in [0.29, 0.717) is 29.3 Å². The first kappa shape index (κ1) is 19.6. The van der Waals surface area contributed by atoms with E-state index in [0.717, 1.165) is 16.3 Å². The Morgan fingerprint density at radius 2 is 1.46 bits per heavy atom. The van der Waals surface area contributed by atoms with Crippen LogP contribution in [-0.2, 0) is 6.54 Å². The summed E-state index contributed by atoms with van der Waals surface area (Å²) in [5.41, 5.74) is 2.97. The lowest BCUT2D eigenvalue weighted by Gasteiger charge is -2.13. The first-order chi connectivity index (χ1) is 13.6. The molecular weight excluding hydrogens is 376 g/mol. The highest BCUT2D eigenvalue weighted by atomic mass is 35.5. The number of amides is 1. The van der Waals surface area contributed by atoms with Crippen LogP contribution in [0.15, 0.2) is 66.7 Å². The highest BCUT2D eigenvalue weighted by Crippen LogP contribution is 2.29. The van der Waals surface area contributed by atoms with Crippen molar-refractivity contribution < 1.29 is 14.3 Å². The highest BCUT2D eigenvalue weighted by molar-refractivity contribution is 6.31. The van der Waals surface area contributed by atoms with Crippen molar-refractivity contribution in [3.63, 3.8) is 0 Å². The molecule has 0 aliphatic heterocycles. The fraction of sp³-hybridized carbons (Fsp3) is 0.136. The monoisotopic (exact) mass is 396 g/mol. The molecule has 0 fully saturated rings. The van der Waals surface area contributed by atoms with Gasteiger partial charge in [-0.05, 0) is 48.0 Å². The maximum atomic E-state index is 12.7. The Balaban J connectivity index is 1.68. The minimum atomic E-state index is -0.300. The lowest BCUT2D eigenvalue weighted by molar-refractivity contribution is 0.102. The summed E-state index contributed by atoms with van der Waals surface area (Å²) < 4.78 is 10.6. The number of rotatable bonds is 7. The van der Waals surface area contributed by atoms with Crippen molar-refractivity contribution in [3.8, 4) is 11.5 Å². The van der Waals surface area contributed by atoms with E-state index < -0.39 is 0 Å². The summed E-state index contributed by atoms with van der Waals surface area (Å²) in [6.07, 6.45) is 0. The summed E-state index contributed by atoms with van der Waals surface area (Å²) in [5.74, 6) is 0.607. The van der Waals surface area contributed by atoms with Crippen molar-refractivity contribution in [1.82, 2.24) is 0 Å². The molecule has 3 aromatic carbocycles. The van der Waals surface area contributed by atoms with Crippen LogP contribution in [0, 0.1) is 0 Å². The Hall–Kier alpha value is -3.18. The SMILES string of the molecule is COc1cccc(OC)c1C(=O)Nc1ccc(NCc2ccccc2Cl)cc1. The quantitative estimate of drug-likeness (QED) is 0.574. The summed E-state index contributed by atoms with van der Waals surface area (Å²) >= 11 is 6.17. The van der Waals surface area contributed by atoms with Crippen molar-refractivity contribution in [1.29, 1.82) is 0 Å². The molecule has 2 N–H and O–H groups in total. The number of carbonyl (C=O) groups excluding carboxylic acids is 1. The van der Waals surface area contributed by atoms with E-state index in [1.165, 1.54) is 14.2 Å². The van der Waals surface area contributed by atoms with Gasteiger partial charge in [0, 0.05) is 22.9 Å². The summed E-state index contributed by atoms with van der Waals surface area (Å²) in [4.78, 5) is 12.7. The normalized spacial score (nSPS) is 10.2. The van der Waals surface area contributed by atoms with Crippen LogP contribution in [0.1, 0.15) is 15.9 Å². The zero-order chi connectivity index (χ0) is 19.9. The summed E-state index contributed by atoms with van der Waals surface area (Å²) in [6, 6.07) is 20.4. The van der Waals surface area contributed by atoms with Gasteiger partial charge < -0.3 is 20.1 Å². The van der Waals surface area contributed by atoms with Gasteiger partial charge in [0.05, 0.1) is 14.2 Å². The second kappa shape index (κ2) is 9.15. The fourth-order valence-electron chi connectivity index (χ4n) is 2.78. The van der Waals surface area contributed by atoms with Gasteiger partial charge in [0.15, 0.2) is 0 Å². The smallest absolute Gasteiger partial charge is 0.263 e. The molecule has 1 amide bonds. The van der Waals surface area contributed by atoms with Crippen molar-refractivity contribution in [2.75, 3.05) is 24.9 Å². The number of benzene rings is 3. The summed E-state index contributed by atoms with van der Waals surface area (Å²) in [5, 5.41) is 6.91. The average Bonchev–Trinajstić information content (AvgIpc) is 2.73. The molecule has 3 rings (SSSR count). The molecule has 0 heterocycles. The highest BCUT2D eigenvalue weighted by Gasteiger charge is 2.18. The molecule has 0 atom stereocenters. The van der Waals surface area contributed by atoms with Crippen LogP contribution in [0.25, 0.3) is 0 Å². The van der Waals surface area contributed by atoms with Gasteiger partial charge in [0.2, 0.25) is 0 Å². The number of ether oxygens (including phenoxy) is 2. The molecule has 3 aromatic rings. The predicted octanol–water partition coefficient (Wildman–Crippen LogP) is 5.22. The van der Waals surface area contributed by atoms with Crippen LogP contribution in [0.4, 0.5) is 11.4 Å². The third kappa shape index (κ3) is 4.56. The van der Waals surface area contributed by atoms with E-state index in [1.807, 2.05) is 48.5 Å². The zero-order valence-electron chi connectivity index (χ0n) is 15.7. The maximum Gasteiger partial charge on any atom is 0.263 e. The van der Waals surface area contributed by atoms with Gasteiger partial charge in [0.1, 0.15) is 17.1 Å². The molecule has 0 spiro atoms. The molecule has 28 heavy (non-hydrogen) atoms. The van der Waals surface area contributed by atoms with E-state index in [1.54, 1.807) is 18.2 Å². The largest absolute Gasteiger partial charge is 0.496 e. The minimum Gasteiger partial charge on any atom is -0.496 e. The van der Waals surface area contributed by atoms with E-state index in [2.05, 4.69) is 10.6 Å². The van der Waals surface area contributed by atoms with Crippen molar-refractivity contribution >= 4 is 28.9 Å². The van der Waals surface area contributed by atoms with Gasteiger partial charge in [-0.1, -0.05) is 35.9 Å². The van der Waals surface area contributed by atoms with Gasteiger partial charge in [-0.15, -0.1) is 0 Å². The van der Waals surface area contributed by atoms with Gasteiger partial charge in [-0.3, -0.25) is 4.79 Å². The standard InChI is InChI=1S/C22H21ClN2O3/c1-27-19-8-5-9-20(28-2)21(19)22(26)25-17-12-10-16(11-13-17)24-14-15-6-3-4-7-18(15)23/h3-13,24H,14H2,1-2H3,(H,25,26). The Kier molecular flexibility index (Phi) is 6.40. The number of hydrogen-bond donors (Lipinski definition) is 2. The molecule has 0 aromatic heterocycles. The van der Waals surface area contributed by atoms with E-state index in [-0.39, 0.29) is 5.91 Å². The van der Waals surface area contributed by atoms with E-state index in [4.69, 9.17) is 21.1 Å². The maximum absolute atomic E-state index is 12.7. The first-order valence-corrected chi connectivity index (χ1v) is 9.10. The number of halogens is 1. The molecule has 0 unspecified atom stereocenters. The molecule has 0 aliphatic carbocycles.